The number of nitrogens with zero attached hydrogens (tertiary/aromatic N) is 3. The molecule has 1 fully saturated rings. The summed E-state index contributed by atoms with van der Waals surface area (Å²) in [5.41, 5.74) is 3.41. The number of hydrogen-bond acceptors (Lipinski definition) is 7. The Labute approximate surface area is 184 Å². The molecule has 0 atom stereocenters. The molecule has 0 bridgehead atoms. The summed E-state index contributed by atoms with van der Waals surface area (Å²) < 4.78 is 10.8. The van der Waals surface area contributed by atoms with Gasteiger partial charge in [0.05, 0.1) is 24.4 Å². The Hall–Kier alpha value is -3.98. The van der Waals surface area contributed by atoms with Gasteiger partial charge in [0, 0.05) is 24.7 Å². The summed E-state index contributed by atoms with van der Waals surface area (Å²) >= 11 is 0. The van der Waals surface area contributed by atoms with Crippen molar-refractivity contribution in [3.05, 3.63) is 76.3 Å². The monoisotopic (exact) mass is 434 g/mol. The molecule has 9 nitrogen and oxygen atoms in total. The van der Waals surface area contributed by atoms with Gasteiger partial charge in [-0.25, -0.2) is 5.43 Å². The molecule has 1 aliphatic heterocycles. The molecule has 32 heavy (non-hydrogen) atoms. The van der Waals surface area contributed by atoms with Crippen molar-refractivity contribution in [2.75, 3.05) is 37.8 Å². The van der Waals surface area contributed by atoms with Crippen molar-refractivity contribution in [1.82, 2.24) is 5.43 Å². The second-order valence-corrected chi connectivity index (χ2v) is 7.20. The highest BCUT2D eigenvalue weighted by atomic mass is 16.6. The minimum Gasteiger partial charge on any atom is -0.484 e. The quantitative estimate of drug-likeness (QED) is 0.348. The Balaban J connectivity index is 1.34. The fourth-order valence-corrected chi connectivity index (χ4v) is 3.46. The molecule has 1 heterocycles. The van der Waals surface area contributed by atoms with Gasteiger partial charge in [-0.3, -0.25) is 14.9 Å². The van der Waals surface area contributed by atoms with Crippen LogP contribution in [0.15, 0.2) is 65.8 Å². The first-order chi connectivity index (χ1) is 15.6. The van der Waals surface area contributed by atoms with E-state index in [1.807, 2.05) is 41.3 Å². The summed E-state index contributed by atoms with van der Waals surface area (Å²) in [6.07, 6.45) is 1.37. The van der Waals surface area contributed by atoms with Crippen LogP contribution in [0.3, 0.4) is 0 Å². The van der Waals surface area contributed by atoms with E-state index in [-0.39, 0.29) is 12.3 Å². The van der Waals surface area contributed by atoms with E-state index < -0.39 is 10.8 Å². The lowest BCUT2D eigenvalue weighted by Crippen LogP contribution is -2.36. The first-order valence-electron chi connectivity index (χ1n) is 10.1. The van der Waals surface area contributed by atoms with Crippen LogP contribution in [0.5, 0.6) is 5.75 Å². The Kier molecular flexibility index (Phi) is 6.57. The van der Waals surface area contributed by atoms with Crippen LogP contribution in [0.25, 0.3) is 10.8 Å². The molecule has 1 aliphatic rings. The fraction of sp³-hybridized carbons (Fsp3) is 0.217. The molecule has 3 aromatic carbocycles. The largest absolute Gasteiger partial charge is 0.484 e. The number of rotatable bonds is 7. The van der Waals surface area contributed by atoms with Crippen molar-refractivity contribution < 1.29 is 19.2 Å². The molecule has 0 radical (unpaired) electrons. The van der Waals surface area contributed by atoms with Crippen LogP contribution in [0, 0.1) is 10.1 Å². The third-order valence-electron chi connectivity index (χ3n) is 5.04. The van der Waals surface area contributed by atoms with Gasteiger partial charge in [0.1, 0.15) is 11.4 Å². The predicted octanol–water partition coefficient (Wildman–Crippen LogP) is 3.11. The molecule has 9 heteroatoms. The maximum atomic E-state index is 12.0. The minimum atomic E-state index is -0.436. The molecule has 1 N–H and O–H groups in total. The van der Waals surface area contributed by atoms with Gasteiger partial charge in [-0.15, -0.1) is 0 Å². The average Bonchev–Trinajstić information content (AvgIpc) is 2.83. The highest BCUT2D eigenvalue weighted by molar-refractivity contribution is 5.86. The van der Waals surface area contributed by atoms with Crippen molar-refractivity contribution in [3.8, 4) is 5.75 Å². The number of hydrogen-bond donors (Lipinski definition) is 1. The van der Waals surface area contributed by atoms with E-state index in [0.717, 1.165) is 10.8 Å². The number of hydrazone groups is 1. The summed E-state index contributed by atoms with van der Waals surface area (Å²) in [7, 11) is 0. The van der Waals surface area contributed by atoms with Crippen molar-refractivity contribution in [2.24, 2.45) is 5.10 Å². The number of fused-ring (bicyclic) bond motifs is 1. The number of anilines is 1. The van der Waals surface area contributed by atoms with Crippen LogP contribution >= 0.6 is 0 Å². The van der Waals surface area contributed by atoms with Crippen LogP contribution < -0.4 is 15.1 Å². The number of carbonyl (C=O) groups is 1. The van der Waals surface area contributed by atoms with E-state index in [1.54, 1.807) is 18.2 Å². The molecule has 164 valence electrons. The van der Waals surface area contributed by atoms with E-state index in [2.05, 4.69) is 10.5 Å². The average molecular weight is 434 g/mol. The molecular weight excluding hydrogens is 412 g/mol. The van der Waals surface area contributed by atoms with E-state index in [0.29, 0.717) is 43.3 Å². The van der Waals surface area contributed by atoms with Crippen LogP contribution in [0.2, 0.25) is 0 Å². The first kappa shape index (κ1) is 21.3. The van der Waals surface area contributed by atoms with E-state index in [1.165, 1.54) is 12.3 Å². The first-order valence-corrected chi connectivity index (χ1v) is 10.1. The second-order valence-electron chi connectivity index (χ2n) is 7.20. The van der Waals surface area contributed by atoms with Crippen molar-refractivity contribution in [1.29, 1.82) is 0 Å². The number of benzene rings is 3. The zero-order chi connectivity index (χ0) is 22.3. The maximum Gasteiger partial charge on any atom is 0.293 e. The zero-order valence-electron chi connectivity index (χ0n) is 17.3. The Morgan fingerprint density at radius 3 is 2.69 bits per heavy atom. The molecule has 0 saturated carbocycles. The number of nitrogens with one attached hydrogen (secondary N) is 1. The Morgan fingerprint density at radius 2 is 1.91 bits per heavy atom. The molecule has 0 spiro atoms. The normalized spacial score (nSPS) is 13.9. The summed E-state index contributed by atoms with van der Waals surface area (Å²) in [5.74, 6) is 0.144. The zero-order valence-corrected chi connectivity index (χ0v) is 17.3. The molecule has 3 aromatic rings. The van der Waals surface area contributed by atoms with Crippen LogP contribution in [0.4, 0.5) is 11.4 Å². The third kappa shape index (κ3) is 5.19. The van der Waals surface area contributed by atoms with Gasteiger partial charge >= 0.3 is 0 Å². The van der Waals surface area contributed by atoms with Gasteiger partial charge in [0.25, 0.3) is 11.6 Å². The Bertz CT molecular complexity index is 1160. The minimum absolute atomic E-state index is 0.0122. The van der Waals surface area contributed by atoms with Gasteiger partial charge in [-0.1, -0.05) is 36.4 Å². The molecular formula is C23H22N4O5. The Morgan fingerprint density at radius 1 is 1.12 bits per heavy atom. The van der Waals surface area contributed by atoms with Crippen LogP contribution in [0.1, 0.15) is 5.56 Å². The van der Waals surface area contributed by atoms with E-state index in [9.17, 15) is 14.9 Å². The summed E-state index contributed by atoms with van der Waals surface area (Å²) in [6.45, 7) is 2.07. The fourth-order valence-electron chi connectivity index (χ4n) is 3.46. The van der Waals surface area contributed by atoms with Crippen LogP contribution in [-0.2, 0) is 9.53 Å². The molecule has 0 aliphatic carbocycles. The van der Waals surface area contributed by atoms with E-state index >= 15 is 0 Å². The van der Waals surface area contributed by atoms with Gasteiger partial charge in [-0.05, 0) is 29.0 Å². The van der Waals surface area contributed by atoms with Crippen molar-refractivity contribution in [3.63, 3.8) is 0 Å². The summed E-state index contributed by atoms with van der Waals surface area (Å²) in [5, 5.41) is 17.5. The van der Waals surface area contributed by atoms with Gasteiger partial charge in [-0.2, -0.15) is 5.10 Å². The second kappa shape index (κ2) is 9.88. The van der Waals surface area contributed by atoms with Gasteiger partial charge in [0.2, 0.25) is 0 Å². The molecule has 0 aromatic heterocycles. The number of carbonyl (C=O) groups excluding carboxylic acids is 1. The third-order valence-corrected chi connectivity index (χ3v) is 5.04. The number of morpholine rings is 1. The number of ether oxygens (including phenoxy) is 2. The molecule has 1 saturated heterocycles. The molecule has 0 unspecified atom stereocenters. The van der Waals surface area contributed by atoms with Crippen molar-refractivity contribution >= 4 is 34.3 Å². The summed E-state index contributed by atoms with van der Waals surface area (Å²) in [6, 6.07) is 18.3. The predicted molar refractivity (Wildman–Crippen MR) is 121 cm³/mol. The van der Waals surface area contributed by atoms with Gasteiger partial charge < -0.3 is 14.4 Å². The number of amides is 1. The lowest BCUT2D eigenvalue weighted by molar-refractivity contribution is -0.384. The van der Waals surface area contributed by atoms with Gasteiger partial charge in [0.15, 0.2) is 6.61 Å². The number of nitro benzene ring substituents is 1. The maximum absolute atomic E-state index is 12.0. The molecule has 4 rings (SSSR count). The van der Waals surface area contributed by atoms with E-state index in [4.69, 9.17) is 9.47 Å². The SMILES string of the molecule is O=C(COc1ccc2ccccc2c1)NN=Cc1ccc(N2CCOCC2)c([N+](=O)[O-])c1. The molecule has 1 amide bonds. The highest BCUT2D eigenvalue weighted by Gasteiger charge is 2.21. The highest BCUT2D eigenvalue weighted by Crippen LogP contribution is 2.29. The number of nitro groups is 1. The smallest absolute Gasteiger partial charge is 0.293 e. The lowest BCUT2D eigenvalue weighted by Gasteiger charge is -2.28. The lowest BCUT2D eigenvalue weighted by atomic mass is 10.1. The topological polar surface area (TPSA) is 106 Å². The van der Waals surface area contributed by atoms with Crippen LogP contribution in [-0.4, -0.2) is 50.0 Å². The summed E-state index contributed by atoms with van der Waals surface area (Å²) in [4.78, 5) is 25.1. The van der Waals surface area contributed by atoms with Crippen molar-refractivity contribution in [2.45, 2.75) is 0 Å². The standard InChI is InChI=1S/C23H22N4O5/c28-23(16-32-20-7-6-18-3-1-2-4-19(18)14-20)25-24-15-17-5-8-21(22(13-17)27(29)30)26-9-11-31-12-10-26/h1-8,13-15H,9-12,16H2,(H,25,28).